The predicted octanol–water partition coefficient (Wildman–Crippen LogP) is 2.82. The molecule has 21 heavy (non-hydrogen) atoms. The number of rotatable bonds is 4. The van der Waals surface area contributed by atoms with Gasteiger partial charge in [0.25, 0.3) is 0 Å². The largest absolute Gasteiger partial charge is 0.480 e. The van der Waals surface area contributed by atoms with Gasteiger partial charge < -0.3 is 9.47 Å². The maximum Gasteiger partial charge on any atom is 0.325 e. The zero-order valence-corrected chi connectivity index (χ0v) is 12.2. The van der Waals surface area contributed by atoms with E-state index in [2.05, 4.69) is 25.9 Å². The Hall–Kier alpha value is -2.73. The van der Waals surface area contributed by atoms with Crippen molar-refractivity contribution in [3.05, 3.63) is 44.5 Å². The van der Waals surface area contributed by atoms with Gasteiger partial charge in [-0.1, -0.05) is 0 Å². The molecule has 2 rings (SSSR count). The van der Waals surface area contributed by atoms with E-state index in [0.717, 1.165) is 6.07 Å². The van der Waals surface area contributed by atoms with Gasteiger partial charge in [-0.25, -0.2) is 4.98 Å². The number of nitrogens with zero attached hydrogens (tertiary/aromatic N) is 4. The average Bonchev–Trinajstić information content (AvgIpc) is 2.49. The maximum absolute atomic E-state index is 11.0. The molecule has 0 atom stereocenters. The van der Waals surface area contributed by atoms with E-state index in [1.54, 1.807) is 0 Å². The minimum absolute atomic E-state index is 0.0663. The average molecular weight is 351 g/mol. The Bertz CT molecular complexity index is 745. The van der Waals surface area contributed by atoms with Gasteiger partial charge in [0.15, 0.2) is 0 Å². The van der Waals surface area contributed by atoms with Crippen molar-refractivity contribution in [2.24, 2.45) is 0 Å². The second-order valence-electron chi connectivity index (χ2n) is 3.66. The van der Waals surface area contributed by atoms with Crippen LogP contribution in [0, 0.1) is 21.4 Å². The van der Waals surface area contributed by atoms with Crippen LogP contribution in [0.1, 0.15) is 5.56 Å². The summed E-state index contributed by atoms with van der Waals surface area (Å²) >= 11 is 3.18. The zero-order valence-electron chi connectivity index (χ0n) is 10.6. The molecule has 0 N–H and O–H groups in total. The number of methoxy groups -OCH3 is 1. The summed E-state index contributed by atoms with van der Waals surface area (Å²) < 4.78 is 10.8. The van der Waals surface area contributed by atoms with Gasteiger partial charge in [0.2, 0.25) is 11.6 Å². The molecule has 0 saturated carbocycles. The highest BCUT2D eigenvalue weighted by molar-refractivity contribution is 9.10. The summed E-state index contributed by atoms with van der Waals surface area (Å²) in [6.07, 6.45) is 1.40. The molecule has 0 saturated heterocycles. The lowest BCUT2D eigenvalue weighted by atomic mass is 10.2. The molecule has 0 amide bonds. The van der Waals surface area contributed by atoms with Crippen LogP contribution in [-0.2, 0) is 0 Å². The summed E-state index contributed by atoms with van der Waals surface area (Å²) in [4.78, 5) is 18.2. The zero-order chi connectivity index (χ0) is 15.4. The number of ether oxygens (including phenoxy) is 2. The Kier molecular flexibility index (Phi) is 4.30. The highest BCUT2D eigenvalue weighted by Crippen LogP contribution is 2.32. The fourth-order valence-electron chi connectivity index (χ4n) is 1.44. The van der Waals surface area contributed by atoms with Gasteiger partial charge in [0.05, 0.1) is 34.3 Å². The van der Waals surface area contributed by atoms with Crippen LogP contribution in [0.3, 0.4) is 0 Å². The van der Waals surface area contributed by atoms with Crippen LogP contribution in [0.4, 0.5) is 5.69 Å². The van der Waals surface area contributed by atoms with Crippen LogP contribution < -0.4 is 9.47 Å². The number of halogens is 1. The minimum atomic E-state index is -0.647. The van der Waals surface area contributed by atoms with Crippen LogP contribution in [0.5, 0.6) is 17.6 Å². The monoisotopic (exact) mass is 350 g/mol. The topological polar surface area (TPSA) is 111 Å². The van der Waals surface area contributed by atoms with Gasteiger partial charge in [0.1, 0.15) is 0 Å². The van der Waals surface area contributed by atoms with Crippen LogP contribution in [0.25, 0.3) is 0 Å². The molecule has 9 heteroatoms. The third-order valence-corrected chi connectivity index (χ3v) is 2.91. The summed E-state index contributed by atoms with van der Waals surface area (Å²) in [5, 5.41) is 19.8. The first-order valence-electron chi connectivity index (χ1n) is 5.48. The molecule has 0 unspecified atom stereocenters. The Morgan fingerprint density at radius 3 is 2.86 bits per heavy atom. The third-order valence-electron chi connectivity index (χ3n) is 2.37. The Morgan fingerprint density at radius 1 is 1.48 bits per heavy atom. The fraction of sp³-hybridized carbons (Fsp3) is 0.0833. The molecule has 0 aliphatic rings. The van der Waals surface area contributed by atoms with Gasteiger partial charge in [-0.05, 0) is 28.1 Å². The highest BCUT2D eigenvalue weighted by Gasteiger charge is 2.18. The molecule has 0 fully saturated rings. The molecule has 2 aromatic rings. The second-order valence-corrected chi connectivity index (χ2v) is 4.52. The predicted molar refractivity (Wildman–Crippen MR) is 74.2 cm³/mol. The molecule has 0 aliphatic heterocycles. The van der Waals surface area contributed by atoms with Crippen LogP contribution >= 0.6 is 15.9 Å². The molecule has 0 aliphatic carbocycles. The number of nitro groups is 1. The summed E-state index contributed by atoms with van der Waals surface area (Å²) in [5.74, 6) is 0.166. The van der Waals surface area contributed by atoms with Gasteiger partial charge in [-0.2, -0.15) is 10.2 Å². The molecule has 8 nitrogen and oxygen atoms in total. The van der Waals surface area contributed by atoms with E-state index in [-0.39, 0.29) is 28.9 Å². The standard InChI is InChI=1S/C12H7BrN4O4/c1-20-11-8(13)6-15-12(16-11)21-10-3-2-7(5-14)4-9(10)17(18)19/h2-4,6H,1H3. The summed E-state index contributed by atoms with van der Waals surface area (Å²) in [5.41, 5.74) is -0.192. The van der Waals surface area contributed by atoms with Crippen molar-refractivity contribution in [3.8, 4) is 23.7 Å². The van der Waals surface area contributed by atoms with Gasteiger partial charge in [-0.15, -0.1) is 0 Å². The third kappa shape index (κ3) is 3.24. The van der Waals surface area contributed by atoms with Gasteiger partial charge >= 0.3 is 11.7 Å². The van der Waals surface area contributed by atoms with Crippen LogP contribution in [0.15, 0.2) is 28.9 Å². The quantitative estimate of drug-likeness (QED) is 0.615. The molecule has 1 aromatic carbocycles. The van der Waals surface area contributed by atoms with E-state index in [0.29, 0.717) is 4.47 Å². The number of aromatic nitrogens is 2. The fourth-order valence-corrected chi connectivity index (χ4v) is 1.80. The van der Waals surface area contributed by atoms with E-state index < -0.39 is 4.92 Å². The molecule has 0 spiro atoms. The summed E-state index contributed by atoms with van der Waals surface area (Å²) in [6, 6.07) is 5.54. The van der Waals surface area contributed by atoms with Crippen molar-refractivity contribution in [3.63, 3.8) is 0 Å². The molecule has 1 heterocycles. The van der Waals surface area contributed by atoms with Crippen LogP contribution in [-0.4, -0.2) is 22.0 Å². The van der Waals surface area contributed by atoms with E-state index in [1.807, 2.05) is 6.07 Å². The Labute approximate surface area is 127 Å². The molecular formula is C12H7BrN4O4. The van der Waals surface area contributed by atoms with Crippen molar-refractivity contribution < 1.29 is 14.4 Å². The Balaban J connectivity index is 2.40. The first kappa shape index (κ1) is 14.7. The molecule has 1 aromatic heterocycles. The smallest absolute Gasteiger partial charge is 0.325 e. The SMILES string of the molecule is COc1nc(Oc2ccc(C#N)cc2[N+](=O)[O-])ncc1Br. The summed E-state index contributed by atoms with van der Waals surface area (Å²) in [7, 11) is 1.42. The van der Waals surface area contributed by atoms with Crippen molar-refractivity contribution in [2.45, 2.75) is 0 Å². The number of hydrogen-bond acceptors (Lipinski definition) is 7. The molecule has 106 valence electrons. The van der Waals surface area contributed by atoms with E-state index in [9.17, 15) is 10.1 Å². The maximum atomic E-state index is 11.0. The number of nitro benzene ring substituents is 1. The van der Waals surface area contributed by atoms with Crippen molar-refractivity contribution >= 4 is 21.6 Å². The number of nitriles is 1. The lowest BCUT2D eigenvalue weighted by Gasteiger charge is -2.06. The molecular weight excluding hydrogens is 344 g/mol. The number of benzene rings is 1. The summed E-state index contributed by atoms with van der Waals surface area (Å²) in [6.45, 7) is 0. The van der Waals surface area contributed by atoms with Crippen molar-refractivity contribution in [2.75, 3.05) is 7.11 Å². The van der Waals surface area contributed by atoms with Gasteiger partial charge in [0, 0.05) is 6.07 Å². The minimum Gasteiger partial charge on any atom is -0.480 e. The first-order chi connectivity index (χ1) is 10.0. The van der Waals surface area contributed by atoms with Crippen molar-refractivity contribution in [1.82, 2.24) is 9.97 Å². The lowest BCUT2D eigenvalue weighted by molar-refractivity contribution is -0.385. The van der Waals surface area contributed by atoms with E-state index >= 15 is 0 Å². The Morgan fingerprint density at radius 2 is 2.24 bits per heavy atom. The normalized spacial score (nSPS) is 9.76. The van der Waals surface area contributed by atoms with Crippen molar-refractivity contribution in [1.29, 1.82) is 5.26 Å². The molecule has 0 bridgehead atoms. The molecule has 0 radical (unpaired) electrons. The van der Waals surface area contributed by atoms with Crippen LogP contribution in [0.2, 0.25) is 0 Å². The first-order valence-corrected chi connectivity index (χ1v) is 6.27. The van der Waals surface area contributed by atoms with E-state index in [4.69, 9.17) is 14.7 Å². The highest BCUT2D eigenvalue weighted by atomic mass is 79.9. The number of hydrogen-bond donors (Lipinski definition) is 0. The lowest BCUT2D eigenvalue weighted by Crippen LogP contribution is -1.98. The van der Waals surface area contributed by atoms with Gasteiger partial charge in [-0.3, -0.25) is 10.1 Å². The van der Waals surface area contributed by atoms with E-state index in [1.165, 1.54) is 25.4 Å². The second kappa shape index (κ2) is 6.15.